The van der Waals surface area contributed by atoms with Gasteiger partial charge in [0.05, 0.1) is 24.6 Å². The highest BCUT2D eigenvalue weighted by Gasteiger charge is 2.23. The Morgan fingerprint density at radius 1 is 1.20 bits per heavy atom. The highest BCUT2D eigenvalue weighted by atomic mass is 16.5. The van der Waals surface area contributed by atoms with Crippen LogP contribution in [0.4, 0.5) is 5.95 Å². The number of ether oxygens (including phenoxy) is 1. The fraction of sp³-hybridized carbons (Fsp3) is 0.611. The Kier molecular flexibility index (Phi) is 4.94. The molecule has 1 aliphatic carbocycles. The fourth-order valence-corrected chi connectivity index (χ4v) is 3.76. The van der Waals surface area contributed by atoms with Crippen molar-refractivity contribution < 1.29 is 9.84 Å². The van der Waals surface area contributed by atoms with Crippen LogP contribution in [-0.4, -0.2) is 50.6 Å². The number of anilines is 1. The number of rotatable bonds is 4. The van der Waals surface area contributed by atoms with E-state index in [1.807, 2.05) is 12.3 Å². The third-order valence-corrected chi connectivity index (χ3v) is 5.20. The number of aliphatic hydroxyl groups is 1. The molecule has 2 aromatic heterocycles. The topological polar surface area (TPSA) is 96.0 Å². The molecular formula is C18H25N5O2. The molecule has 0 bridgehead atoms. The fourth-order valence-electron chi connectivity index (χ4n) is 3.76. The van der Waals surface area contributed by atoms with Gasteiger partial charge in [0.2, 0.25) is 5.95 Å². The lowest BCUT2D eigenvalue weighted by Gasteiger charge is -2.26. The first-order chi connectivity index (χ1) is 12.3. The maximum absolute atomic E-state index is 9.64. The van der Waals surface area contributed by atoms with Crippen molar-refractivity contribution in [3.63, 3.8) is 0 Å². The van der Waals surface area contributed by atoms with E-state index in [9.17, 15) is 5.11 Å². The average molecular weight is 343 g/mol. The minimum absolute atomic E-state index is 0.156. The Labute approximate surface area is 147 Å². The van der Waals surface area contributed by atoms with Gasteiger partial charge in [-0.15, -0.1) is 0 Å². The van der Waals surface area contributed by atoms with Crippen LogP contribution in [0.15, 0.2) is 18.5 Å². The van der Waals surface area contributed by atoms with Gasteiger partial charge in [-0.1, -0.05) is 0 Å². The molecule has 7 nitrogen and oxygen atoms in total. The van der Waals surface area contributed by atoms with Crippen LogP contribution in [0, 0.1) is 0 Å². The number of hydrogen-bond donors (Lipinski definition) is 3. The van der Waals surface area contributed by atoms with Crippen molar-refractivity contribution in [3.05, 3.63) is 24.2 Å². The number of nitrogens with one attached hydrogen (secondary N) is 2. The molecular weight excluding hydrogens is 318 g/mol. The average Bonchev–Trinajstić information content (AvgIpc) is 3.15. The van der Waals surface area contributed by atoms with Gasteiger partial charge in [0.15, 0.2) is 0 Å². The van der Waals surface area contributed by atoms with Gasteiger partial charge in [-0.3, -0.25) is 5.10 Å². The molecule has 1 saturated carbocycles. The van der Waals surface area contributed by atoms with Crippen LogP contribution in [-0.2, 0) is 4.74 Å². The van der Waals surface area contributed by atoms with Gasteiger partial charge < -0.3 is 15.2 Å². The molecule has 1 saturated heterocycles. The third kappa shape index (κ3) is 3.82. The van der Waals surface area contributed by atoms with Gasteiger partial charge in [-0.05, 0) is 44.6 Å². The number of hydrogen-bond acceptors (Lipinski definition) is 6. The lowest BCUT2D eigenvalue weighted by atomic mass is 9.93. The summed E-state index contributed by atoms with van der Waals surface area (Å²) in [5.41, 5.74) is 3.01. The Balaban J connectivity index is 1.51. The molecule has 4 rings (SSSR count). The molecule has 134 valence electrons. The van der Waals surface area contributed by atoms with Crippen molar-refractivity contribution >= 4 is 5.95 Å². The lowest BCUT2D eigenvalue weighted by molar-refractivity contribution is 0.0794. The summed E-state index contributed by atoms with van der Waals surface area (Å²) in [6, 6.07) is 2.25. The normalized spacial score (nSPS) is 27.2. The maximum Gasteiger partial charge on any atom is 0.223 e. The van der Waals surface area contributed by atoms with Gasteiger partial charge in [0.25, 0.3) is 0 Å². The Morgan fingerprint density at radius 2 is 2.08 bits per heavy atom. The number of aromatic nitrogens is 4. The lowest BCUT2D eigenvalue weighted by Crippen LogP contribution is -2.28. The molecule has 2 aliphatic rings. The van der Waals surface area contributed by atoms with E-state index in [4.69, 9.17) is 9.72 Å². The van der Waals surface area contributed by atoms with E-state index in [-0.39, 0.29) is 6.10 Å². The molecule has 0 aromatic carbocycles. The molecule has 25 heavy (non-hydrogen) atoms. The zero-order valence-corrected chi connectivity index (χ0v) is 14.3. The summed E-state index contributed by atoms with van der Waals surface area (Å²) in [5.74, 6) is 0.989. The van der Waals surface area contributed by atoms with Crippen molar-refractivity contribution in [2.24, 2.45) is 0 Å². The second-order valence-corrected chi connectivity index (χ2v) is 7.03. The second kappa shape index (κ2) is 7.49. The van der Waals surface area contributed by atoms with Crippen LogP contribution in [0.2, 0.25) is 0 Å². The van der Waals surface area contributed by atoms with Gasteiger partial charge in [-0.2, -0.15) is 5.10 Å². The van der Waals surface area contributed by atoms with Crippen molar-refractivity contribution in [2.45, 2.75) is 56.6 Å². The van der Waals surface area contributed by atoms with Gasteiger partial charge in [0.1, 0.15) is 0 Å². The summed E-state index contributed by atoms with van der Waals surface area (Å²) in [4.78, 5) is 9.06. The quantitative estimate of drug-likeness (QED) is 0.789. The molecule has 1 atom stereocenters. The van der Waals surface area contributed by atoms with E-state index < -0.39 is 0 Å². The van der Waals surface area contributed by atoms with Crippen LogP contribution >= 0.6 is 0 Å². The molecule has 3 heterocycles. The molecule has 0 radical (unpaired) electrons. The van der Waals surface area contributed by atoms with E-state index in [1.165, 1.54) is 0 Å². The molecule has 0 amide bonds. The monoisotopic (exact) mass is 343 g/mol. The summed E-state index contributed by atoms with van der Waals surface area (Å²) >= 11 is 0. The second-order valence-electron chi connectivity index (χ2n) is 7.03. The molecule has 0 spiro atoms. The SMILES string of the molecule is OC1CCC(Nc2nccc(-c3cn[nH]c3[C@H]3CCCOC3)n2)CC1. The minimum atomic E-state index is -0.156. The summed E-state index contributed by atoms with van der Waals surface area (Å²) in [5, 5.41) is 20.4. The molecule has 2 fully saturated rings. The predicted octanol–water partition coefficient (Wildman–Crippen LogP) is 2.48. The van der Waals surface area contributed by atoms with E-state index in [2.05, 4.69) is 20.5 Å². The highest BCUT2D eigenvalue weighted by Crippen LogP contribution is 2.31. The van der Waals surface area contributed by atoms with Crippen LogP contribution < -0.4 is 5.32 Å². The first kappa shape index (κ1) is 16.5. The molecule has 3 N–H and O–H groups in total. The predicted molar refractivity (Wildman–Crippen MR) is 94.3 cm³/mol. The summed E-state index contributed by atoms with van der Waals surface area (Å²) in [6.07, 6.45) is 9.23. The zero-order chi connectivity index (χ0) is 17.1. The Bertz CT molecular complexity index is 690. The first-order valence-electron chi connectivity index (χ1n) is 9.18. The van der Waals surface area contributed by atoms with E-state index in [0.29, 0.717) is 17.9 Å². The van der Waals surface area contributed by atoms with Crippen molar-refractivity contribution in [1.82, 2.24) is 20.2 Å². The smallest absolute Gasteiger partial charge is 0.223 e. The third-order valence-electron chi connectivity index (χ3n) is 5.20. The van der Waals surface area contributed by atoms with E-state index in [1.54, 1.807) is 6.20 Å². The van der Waals surface area contributed by atoms with Crippen LogP contribution in [0.3, 0.4) is 0 Å². The largest absolute Gasteiger partial charge is 0.393 e. The summed E-state index contributed by atoms with van der Waals surface area (Å²) < 4.78 is 5.62. The minimum Gasteiger partial charge on any atom is -0.393 e. The molecule has 7 heteroatoms. The van der Waals surface area contributed by atoms with E-state index in [0.717, 1.165) is 68.7 Å². The number of aromatic amines is 1. The summed E-state index contributed by atoms with van der Waals surface area (Å²) in [6.45, 7) is 1.58. The van der Waals surface area contributed by atoms with Crippen LogP contribution in [0.25, 0.3) is 11.3 Å². The van der Waals surface area contributed by atoms with Crippen molar-refractivity contribution in [3.8, 4) is 11.3 Å². The molecule has 2 aromatic rings. The highest BCUT2D eigenvalue weighted by molar-refractivity contribution is 5.62. The Morgan fingerprint density at radius 3 is 2.88 bits per heavy atom. The number of H-pyrrole nitrogens is 1. The Hall–Kier alpha value is -1.99. The van der Waals surface area contributed by atoms with E-state index >= 15 is 0 Å². The van der Waals surface area contributed by atoms with Crippen LogP contribution in [0.1, 0.15) is 50.1 Å². The maximum atomic E-state index is 9.64. The molecule has 1 aliphatic heterocycles. The number of nitrogens with zero attached hydrogens (tertiary/aromatic N) is 3. The van der Waals surface area contributed by atoms with Gasteiger partial charge >= 0.3 is 0 Å². The van der Waals surface area contributed by atoms with Crippen molar-refractivity contribution in [1.29, 1.82) is 0 Å². The number of aliphatic hydroxyl groups excluding tert-OH is 1. The van der Waals surface area contributed by atoms with Crippen molar-refractivity contribution in [2.75, 3.05) is 18.5 Å². The standard InChI is InChI=1S/C18H25N5O2/c24-14-5-3-13(4-6-14)21-18-19-8-7-16(22-18)15-10-20-23-17(15)12-2-1-9-25-11-12/h7-8,10,12-14,24H,1-6,9,11H2,(H,20,23)(H,19,21,22)/t12-,13?,14?/m0/s1. The van der Waals surface area contributed by atoms with Crippen LogP contribution in [0.5, 0.6) is 0 Å². The van der Waals surface area contributed by atoms with Gasteiger partial charge in [0, 0.05) is 36.0 Å². The molecule has 0 unspecified atom stereocenters. The summed E-state index contributed by atoms with van der Waals surface area (Å²) in [7, 11) is 0. The zero-order valence-electron chi connectivity index (χ0n) is 14.3. The van der Waals surface area contributed by atoms with Gasteiger partial charge in [-0.25, -0.2) is 9.97 Å². The first-order valence-corrected chi connectivity index (χ1v) is 9.18.